The lowest BCUT2D eigenvalue weighted by Crippen LogP contribution is -2.28. The van der Waals surface area contributed by atoms with E-state index in [1.54, 1.807) is 36.0 Å². The van der Waals surface area contributed by atoms with E-state index in [9.17, 15) is 9.59 Å². The lowest BCUT2D eigenvalue weighted by Gasteiger charge is -2.32. The molecule has 8 heteroatoms. The third-order valence-corrected chi connectivity index (χ3v) is 6.18. The standard InChI is InChI=1S/C23H18N4O3S/c28-22(30-15-27-23(29)16-7-1-2-8-17(16)24-25-27)13-14-26-18-9-3-5-11-20(18)31-21-12-6-4-10-19(21)26/h1-12H,13-15H2. The first-order chi connectivity index (χ1) is 15.2. The summed E-state index contributed by atoms with van der Waals surface area (Å²) in [6, 6.07) is 23.2. The van der Waals surface area contributed by atoms with E-state index in [0.29, 0.717) is 17.4 Å². The van der Waals surface area contributed by atoms with E-state index < -0.39 is 5.97 Å². The Bertz CT molecular complexity index is 1290. The molecule has 0 fully saturated rings. The Kier molecular flexibility index (Phi) is 5.13. The number of nitrogens with zero attached hydrogens (tertiary/aromatic N) is 4. The van der Waals surface area contributed by atoms with Gasteiger partial charge in [-0.2, -0.15) is 4.68 Å². The van der Waals surface area contributed by atoms with Crippen LogP contribution in [0.3, 0.4) is 0 Å². The number of ether oxygens (including phenoxy) is 1. The fourth-order valence-electron chi connectivity index (χ4n) is 3.54. The van der Waals surface area contributed by atoms with E-state index >= 15 is 0 Å². The third-order valence-electron chi connectivity index (χ3n) is 5.05. The first kappa shape index (κ1) is 19.3. The van der Waals surface area contributed by atoms with E-state index in [1.807, 2.05) is 36.4 Å². The van der Waals surface area contributed by atoms with Gasteiger partial charge >= 0.3 is 5.97 Å². The quantitative estimate of drug-likeness (QED) is 0.443. The summed E-state index contributed by atoms with van der Waals surface area (Å²) >= 11 is 1.72. The maximum absolute atomic E-state index is 12.5. The molecule has 5 rings (SSSR count). The maximum atomic E-state index is 12.5. The molecule has 0 saturated heterocycles. The fraction of sp³-hybridized carbons (Fsp3) is 0.130. The highest BCUT2D eigenvalue weighted by molar-refractivity contribution is 7.99. The van der Waals surface area contributed by atoms with Crippen molar-refractivity contribution in [1.29, 1.82) is 0 Å². The molecule has 0 amide bonds. The van der Waals surface area contributed by atoms with E-state index in [0.717, 1.165) is 25.8 Å². The summed E-state index contributed by atoms with van der Waals surface area (Å²) in [5.74, 6) is -0.407. The van der Waals surface area contributed by atoms with Crippen molar-refractivity contribution in [1.82, 2.24) is 15.0 Å². The van der Waals surface area contributed by atoms with Gasteiger partial charge < -0.3 is 9.64 Å². The highest BCUT2D eigenvalue weighted by atomic mass is 32.2. The normalized spacial score (nSPS) is 12.3. The molecule has 2 heterocycles. The average Bonchev–Trinajstić information content (AvgIpc) is 2.81. The van der Waals surface area contributed by atoms with Crippen molar-refractivity contribution >= 4 is 40.0 Å². The monoisotopic (exact) mass is 430 g/mol. The topological polar surface area (TPSA) is 77.3 Å². The van der Waals surface area contributed by atoms with Crippen molar-refractivity contribution in [2.75, 3.05) is 11.4 Å². The number of carbonyl (C=O) groups is 1. The highest BCUT2D eigenvalue weighted by Gasteiger charge is 2.23. The van der Waals surface area contributed by atoms with Crippen LogP contribution in [0.15, 0.2) is 87.4 Å². The maximum Gasteiger partial charge on any atom is 0.309 e. The number of benzene rings is 3. The van der Waals surface area contributed by atoms with Crippen molar-refractivity contribution in [3.63, 3.8) is 0 Å². The molecular formula is C23H18N4O3S. The Morgan fingerprint density at radius 3 is 2.29 bits per heavy atom. The molecular weight excluding hydrogens is 412 g/mol. The number of carbonyl (C=O) groups excluding carboxylic acids is 1. The molecule has 1 aliphatic heterocycles. The first-order valence-electron chi connectivity index (χ1n) is 9.82. The predicted octanol–water partition coefficient (Wildman–Crippen LogP) is 3.99. The van der Waals surface area contributed by atoms with Gasteiger partial charge in [0.25, 0.3) is 5.56 Å². The smallest absolute Gasteiger partial charge is 0.309 e. The van der Waals surface area contributed by atoms with Crippen LogP contribution in [0.1, 0.15) is 6.42 Å². The summed E-state index contributed by atoms with van der Waals surface area (Å²) in [5, 5.41) is 8.29. The molecule has 4 aromatic rings. The van der Waals surface area contributed by atoms with Gasteiger partial charge in [-0.3, -0.25) is 9.59 Å². The average molecular weight is 430 g/mol. The molecule has 0 aliphatic carbocycles. The number of aromatic nitrogens is 3. The van der Waals surface area contributed by atoms with E-state index in [1.165, 1.54) is 0 Å². The van der Waals surface area contributed by atoms with Gasteiger partial charge in [-0.25, -0.2) is 0 Å². The van der Waals surface area contributed by atoms with Crippen LogP contribution in [0.5, 0.6) is 0 Å². The van der Waals surface area contributed by atoms with Crippen molar-refractivity contribution in [3.8, 4) is 0 Å². The van der Waals surface area contributed by atoms with Gasteiger partial charge in [-0.05, 0) is 36.4 Å². The Balaban J connectivity index is 1.29. The Morgan fingerprint density at radius 2 is 1.55 bits per heavy atom. The zero-order valence-corrected chi connectivity index (χ0v) is 17.3. The molecule has 0 unspecified atom stereocenters. The third kappa shape index (κ3) is 3.77. The number of fused-ring (bicyclic) bond motifs is 3. The number of hydrogen-bond acceptors (Lipinski definition) is 7. The summed E-state index contributed by atoms with van der Waals surface area (Å²) in [4.78, 5) is 29.3. The molecule has 3 aromatic carbocycles. The molecule has 7 nitrogen and oxygen atoms in total. The van der Waals surface area contributed by atoms with Crippen molar-refractivity contribution < 1.29 is 9.53 Å². The number of hydrogen-bond donors (Lipinski definition) is 0. The second-order valence-electron chi connectivity index (χ2n) is 7.00. The summed E-state index contributed by atoms with van der Waals surface area (Å²) in [7, 11) is 0. The second-order valence-corrected chi connectivity index (χ2v) is 8.08. The predicted molar refractivity (Wildman–Crippen MR) is 119 cm³/mol. The molecule has 0 spiro atoms. The van der Waals surface area contributed by atoms with Crippen LogP contribution in [0.25, 0.3) is 10.9 Å². The largest absolute Gasteiger partial charge is 0.442 e. The van der Waals surface area contributed by atoms with Gasteiger partial charge in [0.2, 0.25) is 0 Å². The number of anilines is 2. The summed E-state index contributed by atoms with van der Waals surface area (Å²) < 4.78 is 6.37. The van der Waals surface area contributed by atoms with Gasteiger partial charge in [0.1, 0.15) is 5.52 Å². The number of esters is 1. The Hall–Kier alpha value is -3.65. The highest BCUT2D eigenvalue weighted by Crippen LogP contribution is 2.47. The van der Waals surface area contributed by atoms with Gasteiger partial charge in [-0.1, -0.05) is 53.4 Å². The van der Waals surface area contributed by atoms with Crippen LogP contribution in [0.2, 0.25) is 0 Å². The van der Waals surface area contributed by atoms with Gasteiger partial charge in [0.05, 0.1) is 23.2 Å². The zero-order valence-electron chi connectivity index (χ0n) is 16.5. The number of rotatable bonds is 5. The van der Waals surface area contributed by atoms with Crippen LogP contribution < -0.4 is 10.5 Å². The molecule has 0 bridgehead atoms. The minimum absolute atomic E-state index is 0.170. The minimum Gasteiger partial charge on any atom is -0.442 e. The minimum atomic E-state index is -0.407. The summed E-state index contributed by atoms with van der Waals surface area (Å²) in [6.45, 7) is 0.199. The molecule has 0 atom stereocenters. The summed E-state index contributed by atoms with van der Waals surface area (Å²) in [6.07, 6.45) is 0.170. The van der Waals surface area contributed by atoms with Crippen LogP contribution in [-0.2, 0) is 16.3 Å². The SMILES string of the molecule is O=C(CCN1c2ccccc2Sc2ccccc21)OCn1nnc2ccccc2c1=O. The Labute approximate surface area is 182 Å². The first-order valence-corrected chi connectivity index (χ1v) is 10.6. The van der Waals surface area contributed by atoms with E-state index in [-0.39, 0.29) is 18.7 Å². The lowest BCUT2D eigenvalue weighted by atomic mass is 10.2. The van der Waals surface area contributed by atoms with Gasteiger partial charge in [0.15, 0.2) is 6.73 Å². The molecule has 1 aromatic heterocycles. The van der Waals surface area contributed by atoms with Crippen LogP contribution in [0.4, 0.5) is 11.4 Å². The molecule has 0 radical (unpaired) electrons. The van der Waals surface area contributed by atoms with Crippen LogP contribution in [-0.4, -0.2) is 27.5 Å². The summed E-state index contributed by atoms with van der Waals surface area (Å²) in [5.41, 5.74) is 2.30. The van der Waals surface area contributed by atoms with Crippen molar-refractivity contribution in [3.05, 3.63) is 83.2 Å². The van der Waals surface area contributed by atoms with Crippen molar-refractivity contribution in [2.45, 2.75) is 22.9 Å². The zero-order chi connectivity index (χ0) is 21.2. The van der Waals surface area contributed by atoms with Crippen LogP contribution >= 0.6 is 11.8 Å². The number of para-hydroxylation sites is 2. The lowest BCUT2D eigenvalue weighted by molar-refractivity contribution is -0.147. The molecule has 0 saturated carbocycles. The Morgan fingerprint density at radius 1 is 0.903 bits per heavy atom. The van der Waals surface area contributed by atoms with E-state index in [4.69, 9.17) is 4.74 Å². The molecule has 154 valence electrons. The molecule has 1 aliphatic rings. The van der Waals surface area contributed by atoms with Gasteiger partial charge in [0, 0.05) is 16.3 Å². The fourth-order valence-corrected chi connectivity index (χ4v) is 4.63. The second kappa shape index (κ2) is 8.23. The molecule has 0 N–H and O–H groups in total. The van der Waals surface area contributed by atoms with Crippen molar-refractivity contribution in [2.24, 2.45) is 0 Å². The molecule has 31 heavy (non-hydrogen) atoms. The van der Waals surface area contributed by atoms with E-state index in [2.05, 4.69) is 27.3 Å². The van der Waals surface area contributed by atoms with Crippen LogP contribution in [0, 0.1) is 0 Å². The van der Waals surface area contributed by atoms with Gasteiger partial charge in [-0.15, -0.1) is 5.10 Å².